The monoisotopic (exact) mass is 939 g/mol. The third-order valence-electron chi connectivity index (χ3n) is 11.7. The highest BCUT2D eigenvalue weighted by Crippen LogP contribution is 2.31. The number of rotatable bonds is 4. The molecule has 388 valence electrons. The Morgan fingerprint density at radius 2 is 0.750 bits per heavy atom. The minimum absolute atomic E-state index is 0.913. The SMILES string of the molecule is C1CCCC1.C1CCCCC1.CC.CC.CC1CC1.CCC1CC1.CCCc1ccccc1.CCc1ccccc1.CN1CCN(C)CC1.CN1CCOCC1.c1ccccc1.c1ccncc1. The summed E-state index contributed by atoms with van der Waals surface area (Å²) < 4.78 is 5.10. The first-order valence-corrected chi connectivity index (χ1v) is 27.9. The van der Waals surface area contributed by atoms with Crippen LogP contribution < -0.4 is 0 Å². The van der Waals surface area contributed by atoms with Crippen LogP contribution in [0.3, 0.4) is 0 Å². The van der Waals surface area contributed by atoms with Crippen LogP contribution in [-0.2, 0) is 17.6 Å². The summed E-state index contributed by atoms with van der Waals surface area (Å²) in [6.07, 6.45) is 31.0. The summed E-state index contributed by atoms with van der Waals surface area (Å²) in [6, 6.07) is 38.7. The molecule has 5 heteroatoms. The fourth-order valence-electron chi connectivity index (χ4n) is 6.54. The van der Waals surface area contributed by atoms with Crippen molar-refractivity contribution in [2.24, 2.45) is 11.8 Å². The van der Waals surface area contributed by atoms with Gasteiger partial charge in [-0.15, -0.1) is 0 Å². The first-order valence-electron chi connectivity index (χ1n) is 27.9. The molecule has 4 aromatic rings. The largest absolute Gasteiger partial charge is 0.379 e. The predicted octanol–water partition coefficient (Wildman–Crippen LogP) is 17.0. The normalized spacial score (nSPS) is 16.8. The van der Waals surface area contributed by atoms with E-state index in [0.29, 0.717) is 0 Å². The van der Waals surface area contributed by atoms with E-state index in [-0.39, 0.29) is 0 Å². The highest BCUT2D eigenvalue weighted by molar-refractivity contribution is 5.14. The molecule has 0 spiro atoms. The zero-order valence-corrected chi connectivity index (χ0v) is 46.6. The topological polar surface area (TPSA) is 31.8 Å². The van der Waals surface area contributed by atoms with Gasteiger partial charge >= 0.3 is 0 Å². The van der Waals surface area contributed by atoms with Crippen LogP contribution in [0.2, 0.25) is 0 Å². The number of benzene rings is 3. The zero-order chi connectivity index (χ0) is 50.4. The molecule has 0 atom stereocenters. The maximum Gasteiger partial charge on any atom is 0.0594 e. The fourth-order valence-corrected chi connectivity index (χ4v) is 6.54. The van der Waals surface area contributed by atoms with Crippen molar-refractivity contribution in [1.29, 1.82) is 0 Å². The van der Waals surface area contributed by atoms with Crippen LogP contribution in [-0.4, -0.2) is 93.3 Å². The molecular formula is C63H110N4O. The second-order valence-corrected chi connectivity index (χ2v) is 18.2. The molecule has 10 rings (SSSR count). The molecule has 1 aromatic heterocycles. The number of aryl methyl sites for hydroxylation is 2. The van der Waals surface area contributed by atoms with Crippen LogP contribution in [0.1, 0.15) is 176 Å². The Bertz CT molecular complexity index is 1300. The Morgan fingerprint density at radius 3 is 0.941 bits per heavy atom. The molecule has 2 aliphatic heterocycles. The predicted molar refractivity (Wildman–Crippen MR) is 305 cm³/mol. The average Bonchev–Trinajstić information content (AvgIpc) is 4.37. The second-order valence-electron chi connectivity index (χ2n) is 18.2. The van der Waals surface area contributed by atoms with E-state index in [1.165, 1.54) is 153 Å². The van der Waals surface area contributed by atoms with Gasteiger partial charge in [-0.3, -0.25) is 4.98 Å². The molecule has 3 heterocycles. The molecule has 0 bridgehead atoms. The van der Waals surface area contributed by atoms with Crippen LogP contribution in [0, 0.1) is 11.8 Å². The Kier molecular flexibility index (Phi) is 53.6. The summed E-state index contributed by atoms with van der Waals surface area (Å²) in [6.45, 7) is 25.9. The summed E-state index contributed by atoms with van der Waals surface area (Å²) in [5.74, 6) is 2.22. The van der Waals surface area contributed by atoms with E-state index >= 15 is 0 Å². The number of likely N-dealkylation sites (N-methyl/N-ethyl adjacent to an activating group) is 3. The minimum atomic E-state index is 0.913. The standard InChI is InChI=1S/C9H12.C8H10.C6H14N2.C6H12.C6H6.C5H11NO.C5H5N.2C5H10.C4H8.2C2H6/c1-2-6-9-7-4-3-5-8-9;1-2-8-6-4-3-5-7-8;1-7-3-5-8(2)6-4-7;2*1-2-4-6-5-3-1;1-6-2-4-7-5-3-6;1-2-4-6-5-3-1;1-2-5-3-4-5;1-2-4-5-3-1;1-4-2-3-4;2*1-2/h3-5,7-8H,2,6H2,1H3;3-7H,2H2,1H3;3-6H2,1-2H3;1-6H2;1-6H;2-5H2,1H3;1-5H;5H,2-4H2,1H3;1-5H2;4H,2-3H2,1H3;2*1-2H3. The molecule has 0 unspecified atom stereocenters. The maximum atomic E-state index is 5.10. The average molecular weight is 940 g/mol. The van der Waals surface area contributed by atoms with Gasteiger partial charge in [-0.1, -0.05) is 268 Å². The molecular weight excluding hydrogens is 829 g/mol. The number of ether oxygens (including phenoxy) is 1. The van der Waals surface area contributed by atoms with Gasteiger partial charge in [0.1, 0.15) is 0 Å². The van der Waals surface area contributed by atoms with E-state index in [1.807, 2.05) is 88.4 Å². The van der Waals surface area contributed by atoms with Crippen molar-refractivity contribution in [3.8, 4) is 0 Å². The molecule has 6 aliphatic rings. The van der Waals surface area contributed by atoms with E-state index in [2.05, 4.69) is 123 Å². The summed E-state index contributed by atoms with van der Waals surface area (Å²) in [5.41, 5.74) is 2.85. The number of aromatic nitrogens is 1. The smallest absolute Gasteiger partial charge is 0.0594 e. The zero-order valence-electron chi connectivity index (χ0n) is 46.6. The highest BCUT2D eigenvalue weighted by atomic mass is 16.5. The van der Waals surface area contributed by atoms with Gasteiger partial charge in [0.2, 0.25) is 0 Å². The Balaban J connectivity index is 0. The van der Waals surface area contributed by atoms with Crippen LogP contribution in [0.15, 0.2) is 128 Å². The van der Waals surface area contributed by atoms with Crippen molar-refractivity contribution in [1.82, 2.24) is 19.7 Å². The third-order valence-corrected chi connectivity index (χ3v) is 11.7. The van der Waals surface area contributed by atoms with Crippen LogP contribution in [0.25, 0.3) is 0 Å². The molecule has 3 aromatic carbocycles. The number of piperazine rings is 1. The molecule has 0 amide bonds. The molecule has 0 N–H and O–H groups in total. The fraction of sp³-hybridized carbons (Fsp3) is 0.635. The van der Waals surface area contributed by atoms with E-state index in [4.69, 9.17) is 4.74 Å². The molecule has 68 heavy (non-hydrogen) atoms. The van der Waals surface area contributed by atoms with Gasteiger partial charge in [0, 0.05) is 51.7 Å². The minimum Gasteiger partial charge on any atom is -0.379 e. The van der Waals surface area contributed by atoms with Gasteiger partial charge in [0.05, 0.1) is 13.2 Å². The van der Waals surface area contributed by atoms with Crippen LogP contribution in [0.5, 0.6) is 0 Å². The molecule has 6 fully saturated rings. The lowest BCUT2D eigenvalue weighted by Crippen LogP contribution is -2.42. The lowest BCUT2D eigenvalue weighted by Gasteiger charge is -2.28. The second kappa shape index (κ2) is 54.6. The van der Waals surface area contributed by atoms with Crippen molar-refractivity contribution in [2.75, 3.05) is 73.6 Å². The van der Waals surface area contributed by atoms with Crippen LogP contribution >= 0.6 is 0 Å². The van der Waals surface area contributed by atoms with Crippen molar-refractivity contribution in [2.45, 2.75) is 177 Å². The van der Waals surface area contributed by atoms with Gasteiger partial charge in [-0.2, -0.15) is 0 Å². The number of hydrogen-bond donors (Lipinski definition) is 0. The van der Waals surface area contributed by atoms with E-state index < -0.39 is 0 Å². The first kappa shape index (κ1) is 66.7. The van der Waals surface area contributed by atoms with Crippen molar-refractivity contribution >= 4 is 0 Å². The maximum absolute atomic E-state index is 5.10. The van der Waals surface area contributed by atoms with E-state index in [1.54, 1.807) is 12.4 Å². The lowest BCUT2D eigenvalue weighted by molar-refractivity contribution is 0.0503. The number of nitrogens with zero attached hydrogens (tertiary/aromatic N) is 4. The summed E-state index contributed by atoms with van der Waals surface area (Å²) in [4.78, 5) is 10.8. The Morgan fingerprint density at radius 1 is 0.441 bits per heavy atom. The quantitative estimate of drug-likeness (QED) is 0.204. The summed E-state index contributed by atoms with van der Waals surface area (Å²) in [7, 11) is 6.46. The molecule has 0 radical (unpaired) electrons. The van der Waals surface area contributed by atoms with Crippen molar-refractivity contribution in [3.05, 3.63) is 139 Å². The van der Waals surface area contributed by atoms with Gasteiger partial charge in [0.25, 0.3) is 0 Å². The molecule has 2 saturated heterocycles. The van der Waals surface area contributed by atoms with Gasteiger partial charge in [0.15, 0.2) is 0 Å². The van der Waals surface area contributed by atoms with Crippen molar-refractivity contribution in [3.63, 3.8) is 0 Å². The number of pyridine rings is 1. The highest BCUT2D eigenvalue weighted by Gasteiger charge is 2.17. The van der Waals surface area contributed by atoms with Gasteiger partial charge in [-0.25, -0.2) is 0 Å². The van der Waals surface area contributed by atoms with E-state index in [9.17, 15) is 0 Å². The lowest BCUT2D eigenvalue weighted by atomic mass is 10.0. The molecule has 5 nitrogen and oxygen atoms in total. The van der Waals surface area contributed by atoms with E-state index in [0.717, 1.165) is 44.6 Å². The Labute approximate surface area is 424 Å². The van der Waals surface area contributed by atoms with Gasteiger partial charge in [-0.05, 0) is 69.1 Å². The number of morpholine rings is 1. The third kappa shape index (κ3) is 53.6. The first-order chi connectivity index (χ1) is 33.4. The van der Waals surface area contributed by atoms with Gasteiger partial charge < -0.3 is 19.4 Å². The number of hydrogen-bond acceptors (Lipinski definition) is 5. The van der Waals surface area contributed by atoms with Crippen molar-refractivity contribution < 1.29 is 4.74 Å². The Hall–Kier alpha value is -3.35. The van der Waals surface area contributed by atoms with Crippen LogP contribution in [0.4, 0.5) is 0 Å². The summed E-state index contributed by atoms with van der Waals surface area (Å²) in [5, 5.41) is 0. The molecule has 4 saturated carbocycles. The summed E-state index contributed by atoms with van der Waals surface area (Å²) >= 11 is 0. The molecule has 4 aliphatic carbocycles.